The van der Waals surface area contributed by atoms with E-state index in [-0.39, 0.29) is 5.16 Å². The molecule has 0 amide bonds. The molecule has 0 fully saturated rings. The second kappa shape index (κ2) is 2.90. The van der Waals surface area contributed by atoms with Crippen LogP contribution >= 0.6 is 23.2 Å². The van der Waals surface area contributed by atoms with Gasteiger partial charge in [-0.05, 0) is 6.92 Å². The summed E-state index contributed by atoms with van der Waals surface area (Å²) < 4.78 is 0. The highest BCUT2D eigenvalue weighted by Crippen LogP contribution is 2.12. The van der Waals surface area contributed by atoms with E-state index in [9.17, 15) is 0 Å². The third-order valence-corrected chi connectivity index (χ3v) is 1.03. The number of nitrogens with zero attached hydrogens (tertiary/aromatic N) is 1. The first-order chi connectivity index (χ1) is 3.18. The van der Waals surface area contributed by atoms with Crippen LogP contribution in [0.25, 0.3) is 4.85 Å². The molecule has 0 aromatic heterocycles. The number of allylic oxidation sites excluding steroid dienone is 1. The lowest BCUT2D eigenvalue weighted by Gasteiger charge is -1.79. The van der Waals surface area contributed by atoms with E-state index in [1.165, 1.54) is 0 Å². The summed E-state index contributed by atoms with van der Waals surface area (Å²) in [6.07, 6.45) is 0. The molecular formula is C4H3Cl2N. The second-order valence-corrected chi connectivity index (χ2v) is 1.86. The molecule has 38 valence electrons. The Labute approximate surface area is 52.4 Å². The number of rotatable bonds is 0. The molecule has 1 nitrogen and oxygen atoms in total. The van der Waals surface area contributed by atoms with Gasteiger partial charge in [-0.25, -0.2) is 4.85 Å². The van der Waals surface area contributed by atoms with E-state index in [2.05, 4.69) is 4.85 Å². The fraction of sp³-hybridized carbons (Fsp3) is 0.250. The molecule has 0 atom stereocenters. The Balaban J connectivity index is 4.07. The van der Waals surface area contributed by atoms with Gasteiger partial charge in [-0.3, -0.25) is 0 Å². The summed E-state index contributed by atoms with van der Waals surface area (Å²) in [6, 6.07) is 0. The third-order valence-electron chi connectivity index (χ3n) is 0.382. The first-order valence-electron chi connectivity index (χ1n) is 1.58. The van der Waals surface area contributed by atoms with Gasteiger partial charge in [0.2, 0.25) is 0 Å². The molecule has 0 saturated carbocycles. The predicted octanol–water partition coefficient (Wildman–Crippen LogP) is 2.57. The van der Waals surface area contributed by atoms with E-state index in [4.69, 9.17) is 29.8 Å². The summed E-state index contributed by atoms with van der Waals surface area (Å²) >= 11 is 10.5. The highest BCUT2D eigenvalue weighted by molar-refractivity contribution is 6.39. The number of halogens is 2. The van der Waals surface area contributed by atoms with Crippen LogP contribution in [0.15, 0.2) is 10.2 Å². The maximum absolute atomic E-state index is 6.29. The molecular weight excluding hydrogens is 133 g/mol. The van der Waals surface area contributed by atoms with Crippen LogP contribution in [0.5, 0.6) is 0 Å². The molecule has 0 rings (SSSR count). The molecule has 0 N–H and O–H groups in total. The van der Waals surface area contributed by atoms with Crippen LogP contribution in [0.1, 0.15) is 6.92 Å². The highest BCUT2D eigenvalue weighted by Gasteiger charge is 1.89. The standard InChI is InChI=1S/C4H3Cl2N/c1-3(5)4(6)7-2/h1H3/b4-3-. The Bertz CT molecular complexity index is 127. The van der Waals surface area contributed by atoms with Gasteiger partial charge in [-0.1, -0.05) is 0 Å². The van der Waals surface area contributed by atoms with Crippen LogP contribution < -0.4 is 0 Å². The van der Waals surface area contributed by atoms with Crippen LogP contribution in [-0.2, 0) is 0 Å². The van der Waals surface area contributed by atoms with Crippen molar-refractivity contribution in [2.45, 2.75) is 6.92 Å². The van der Waals surface area contributed by atoms with Gasteiger partial charge in [0.05, 0.1) is 6.57 Å². The van der Waals surface area contributed by atoms with Gasteiger partial charge in [0, 0.05) is 5.03 Å². The molecule has 3 heteroatoms. The zero-order valence-corrected chi connectivity index (χ0v) is 5.22. The normalized spacial score (nSPS) is 12.3. The molecule has 7 heavy (non-hydrogen) atoms. The van der Waals surface area contributed by atoms with Gasteiger partial charge in [-0.2, -0.15) is 0 Å². The summed E-state index contributed by atoms with van der Waals surface area (Å²) in [5.74, 6) is 0. The van der Waals surface area contributed by atoms with Crippen LogP contribution in [-0.4, -0.2) is 0 Å². The summed E-state index contributed by atoms with van der Waals surface area (Å²) in [5, 5.41) is 0.387. The Morgan fingerprint density at radius 2 is 2.00 bits per heavy atom. The molecule has 0 unspecified atom stereocenters. The van der Waals surface area contributed by atoms with Crippen molar-refractivity contribution in [1.29, 1.82) is 0 Å². The van der Waals surface area contributed by atoms with Crippen molar-refractivity contribution >= 4 is 23.2 Å². The van der Waals surface area contributed by atoms with E-state index >= 15 is 0 Å². The number of hydrogen-bond donors (Lipinski definition) is 0. The fourth-order valence-electron chi connectivity index (χ4n) is 0.0770. The topological polar surface area (TPSA) is 4.36 Å². The Morgan fingerprint density at radius 3 is 2.00 bits per heavy atom. The Morgan fingerprint density at radius 1 is 1.57 bits per heavy atom. The van der Waals surface area contributed by atoms with Gasteiger partial charge < -0.3 is 0 Å². The SMILES string of the molecule is [C-]#[N+]/C(Cl)=C(/C)Cl. The van der Waals surface area contributed by atoms with E-state index in [0.717, 1.165) is 0 Å². The molecule has 0 bridgehead atoms. The molecule has 0 aromatic carbocycles. The van der Waals surface area contributed by atoms with Gasteiger partial charge >= 0.3 is 0 Å². The van der Waals surface area contributed by atoms with E-state index in [1.54, 1.807) is 6.92 Å². The minimum atomic E-state index is 0.0432. The smallest absolute Gasteiger partial charge is 0.224 e. The maximum Gasteiger partial charge on any atom is 0.266 e. The second-order valence-electron chi connectivity index (χ2n) is 0.936. The lowest BCUT2D eigenvalue weighted by atomic mass is 10.7. The van der Waals surface area contributed by atoms with Gasteiger partial charge in [0.15, 0.2) is 0 Å². The van der Waals surface area contributed by atoms with Crippen molar-refractivity contribution in [2.24, 2.45) is 0 Å². The molecule has 0 radical (unpaired) electrons. The monoisotopic (exact) mass is 135 g/mol. The quantitative estimate of drug-likeness (QED) is 0.356. The van der Waals surface area contributed by atoms with Crippen molar-refractivity contribution in [3.63, 3.8) is 0 Å². The average Bonchev–Trinajstić information content (AvgIpc) is 1.65. The van der Waals surface area contributed by atoms with E-state index in [1.807, 2.05) is 0 Å². The van der Waals surface area contributed by atoms with Gasteiger partial charge in [0.1, 0.15) is 0 Å². The minimum Gasteiger partial charge on any atom is -0.224 e. The van der Waals surface area contributed by atoms with Crippen molar-refractivity contribution in [2.75, 3.05) is 0 Å². The fourth-order valence-corrected chi connectivity index (χ4v) is 0.119. The molecule has 0 heterocycles. The summed E-state index contributed by atoms with van der Waals surface area (Å²) in [6.45, 7) is 7.86. The zero-order chi connectivity index (χ0) is 5.86. The zero-order valence-electron chi connectivity index (χ0n) is 3.70. The minimum absolute atomic E-state index is 0.0432. The largest absolute Gasteiger partial charge is 0.266 e. The van der Waals surface area contributed by atoms with Crippen molar-refractivity contribution < 1.29 is 0 Å². The van der Waals surface area contributed by atoms with Crippen LogP contribution in [0.3, 0.4) is 0 Å². The maximum atomic E-state index is 6.29. The molecule has 0 aromatic rings. The Kier molecular flexibility index (Phi) is 2.82. The van der Waals surface area contributed by atoms with Crippen molar-refractivity contribution in [3.05, 3.63) is 21.6 Å². The first kappa shape index (κ1) is 6.81. The first-order valence-corrected chi connectivity index (χ1v) is 2.33. The number of hydrogen-bond acceptors (Lipinski definition) is 0. The summed E-state index contributed by atoms with van der Waals surface area (Å²) in [7, 11) is 0. The highest BCUT2D eigenvalue weighted by atomic mass is 35.5. The molecule has 0 aliphatic heterocycles. The van der Waals surface area contributed by atoms with Crippen molar-refractivity contribution in [3.8, 4) is 0 Å². The van der Waals surface area contributed by atoms with Gasteiger partial charge in [-0.15, -0.1) is 23.2 Å². The molecule has 0 saturated heterocycles. The van der Waals surface area contributed by atoms with Gasteiger partial charge in [0.25, 0.3) is 5.16 Å². The molecule has 0 aliphatic rings. The van der Waals surface area contributed by atoms with Crippen LogP contribution in [0, 0.1) is 6.57 Å². The van der Waals surface area contributed by atoms with E-state index < -0.39 is 0 Å². The average molecular weight is 136 g/mol. The van der Waals surface area contributed by atoms with Crippen LogP contribution in [0.4, 0.5) is 0 Å². The third kappa shape index (κ3) is 2.50. The van der Waals surface area contributed by atoms with Crippen LogP contribution in [0.2, 0.25) is 0 Å². The molecule has 0 spiro atoms. The van der Waals surface area contributed by atoms with Crippen molar-refractivity contribution in [1.82, 2.24) is 0 Å². The van der Waals surface area contributed by atoms with E-state index in [0.29, 0.717) is 5.03 Å². The molecule has 0 aliphatic carbocycles. The Hall–Kier alpha value is -0.190. The summed E-state index contributed by atoms with van der Waals surface area (Å²) in [4.78, 5) is 2.85. The lowest BCUT2D eigenvalue weighted by Crippen LogP contribution is -1.58. The lowest BCUT2D eigenvalue weighted by molar-refractivity contribution is 1.63. The summed E-state index contributed by atoms with van der Waals surface area (Å²) in [5.41, 5.74) is 0. The predicted molar refractivity (Wildman–Crippen MR) is 31.0 cm³/mol.